The zero-order chi connectivity index (χ0) is 16.9. The van der Waals surface area contributed by atoms with Gasteiger partial charge in [0.05, 0.1) is 25.1 Å². The van der Waals surface area contributed by atoms with Gasteiger partial charge in [-0.15, -0.1) is 0 Å². The third kappa shape index (κ3) is 5.30. The van der Waals surface area contributed by atoms with Crippen molar-refractivity contribution in [2.24, 2.45) is 7.05 Å². The molecular formula is C12H23N3O6S. The summed E-state index contributed by atoms with van der Waals surface area (Å²) in [5, 5.41) is 27.6. The van der Waals surface area contributed by atoms with Gasteiger partial charge in [-0.1, -0.05) is 0 Å². The highest BCUT2D eigenvalue weighted by molar-refractivity contribution is 7.89. The van der Waals surface area contributed by atoms with Crippen LogP contribution in [-0.2, 0) is 21.8 Å². The van der Waals surface area contributed by atoms with Crippen LogP contribution in [0.1, 0.15) is 13.8 Å². The lowest BCUT2D eigenvalue weighted by molar-refractivity contribution is -0.111. The topological polar surface area (TPSA) is 134 Å². The maximum atomic E-state index is 12.0. The molecule has 10 heteroatoms. The van der Waals surface area contributed by atoms with Gasteiger partial charge in [0, 0.05) is 19.8 Å². The van der Waals surface area contributed by atoms with Gasteiger partial charge in [-0.25, -0.2) is 18.1 Å². The third-order valence-corrected chi connectivity index (χ3v) is 4.33. The number of aromatic nitrogens is 2. The summed E-state index contributed by atoms with van der Waals surface area (Å²) in [7, 11) is -2.07. The first-order valence-electron chi connectivity index (χ1n) is 6.77. The number of aliphatic hydroxyl groups excluding tert-OH is 3. The Morgan fingerprint density at radius 2 is 2.05 bits per heavy atom. The molecule has 4 atom stereocenters. The van der Waals surface area contributed by atoms with Gasteiger partial charge in [-0.2, -0.15) is 0 Å². The third-order valence-electron chi connectivity index (χ3n) is 3.03. The van der Waals surface area contributed by atoms with Gasteiger partial charge in [-0.3, -0.25) is 0 Å². The van der Waals surface area contributed by atoms with Crippen molar-refractivity contribution >= 4 is 10.0 Å². The van der Waals surface area contributed by atoms with Crippen LogP contribution in [0.2, 0.25) is 0 Å². The maximum absolute atomic E-state index is 12.0. The molecule has 1 heterocycles. The molecule has 9 nitrogen and oxygen atoms in total. The lowest BCUT2D eigenvalue weighted by Gasteiger charge is -2.26. The van der Waals surface area contributed by atoms with E-state index in [0.29, 0.717) is 0 Å². The highest BCUT2D eigenvalue weighted by atomic mass is 32.2. The predicted octanol–water partition coefficient (Wildman–Crippen LogP) is -1.79. The molecule has 0 aromatic carbocycles. The Kier molecular flexibility index (Phi) is 6.91. The van der Waals surface area contributed by atoms with Gasteiger partial charge in [-0.05, 0) is 13.8 Å². The average Bonchev–Trinajstić information content (AvgIpc) is 2.91. The van der Waals surface area contributed by atoms with Gasteiger partial charge in [0.25, 0.3) is 10.0 Å². The fourth-order valence-electron chi connectivity index (χ4n) is 1.74. The normalized spacial score (nSPS) is 17.9. The van der Waals surface area contributed by atoms with Crippen molar-refractivity contribution in [2.45, 2.75) is 43.3 Å². The molecule has 1 aromatic heterocycles. The number of hydrogen-bond donors (Lipinski definition) is 4. The van der Waals surface area contributed by atoms with Crippen molar-refractivity contribution in [3.8, 4) is 0 Å². The summed E-state index contributed by atoms with van der Waals surface area (Å²) < 4.78 is 33.2. The Bertz CT molecular complexity index is 561. The van der Waals surface area contributed by atoms with Crippen LogP contribution in [-0.4, -0.2) is 70.9 Å². The van der Waals surface area contributed by atoms with Gasteiger partial charge in [0.15, 0.2) is 5.03 Å². The average molecular weight is 337 g/mol. The van der Waals surface area contributed by atoms with E-state index in [2.05, 4.69) is 9.71 Å². The quantitative estimate of drug-likeness (QED) is 0.418. The zero-order valence-corrected chi connectivity index (χ0v) is 13.6. The summed E-state index contributed by atoms with van der Waals surface area (Å²) in [6, 6.07) is 0. The van der Waals surface area contributed by atoms with Crippen molar-refractivity contribution in [2.75, 3.05) is 13.2 Å². The summed E-state index contributed by atoms with van der Waals surface area (Å²) in [4.78, 5) is 3.76. The molecule has 4 N–H and O–H groups in total. The molecule has 0 aliphatic heterocycles. The van der Waals surface area contributed by atoms with Crippen LogP contribution < -0.4 is 4.72 Å². The summed E-state index contributed by atoms with van der Waals surface area (Å²) >= 11 is 0. The Balaban J connectivity index is 2.50. The Hall–Kier alpha value is -1.04. The van der Waals surface area contributed by atoms with Gasteiger partial charge < -0.3 is 24.6 Å². The van der Waals surface area contributed by atoms with Crippen LogP contribution in [0.3, 0.4) is 0 Å². The molecule has 1 aromatic rings. The zero-order valence-electron chi connectivity index (χ0n) is 12.7. The van der Waals surface area contributed by atoms with E-state index in [4.69, 9.17) is 9.84 Å². The largest absolute Gasteiger partial charge is 0.394 e. The molecule has 128 valence electrons. The van der Waals surface area contributed by atoms with E-state index in [-0.39, 0.29) is 11.6 Å². The smallest absolute Gasteiger partial charge is 0.259 e. The second kappa shape index (κ2) is 7.99. The number of nitrogens with zero attached hydrogens (tertiary/aromatic N) is 2. The second-order valence-electron chi connectivity index (χ2n) is 5.12. The lowest BCUT2D eigenvalue weighted by Crippen LogP contribution is -2.42. The minimum Gasteiger partial charge on any atom is -0.394 e. The van der Waals surface area contributed by atoms with Crippen LogP contribution in [0, 0.1) is 0 Å². The highest BCUT2D eigenvalue weighted by Crippen LogP contribution is 2.08. The van der Waals surface area contributed by atoms with Crippen molar-refractivity contribution < 1.29 is 28.5 Å². The van der Waals surface area contributed by atoms with Crippen molar-refractivity contribution in [3.05, 3.63) is 12.5 Å². The van der Waals surface area contributed by atoms with Crippen molar-refractivity contribution in [1.29, 1.82) is 0 Å². The first kappa shape index (κ1) is 19.0. The van der Waals surface area contributed by atoms with Gasteiger partial charge in [0.1, 0.15) is 12.2 Å². The fraction of sp³-hybridized carbons (Fsp3) is 0.750. The fourth-order valence-corrected chi connectivity index (χ4v) is 2.84. The number of ether oxygens (including phenoxy) is 1. The summed E-state index contributed by atoms with van der Waals surface area (Å²) in [6.45, 7) is 2.53. The Morgan fingerprint density at radius 3 is 2.55 bits per heavy atom. The molecular weight excluding hydrogens is 314 g/mol. The second-order valence-corrected chi connectivity index (χ2v) is 6.84. The van der Waals surface area contributed by atoms with Crippen LogP contribution in [0.25, 0.3) is 0 Å². The van der Waals surface area contributed by atoms with Crippen LogP contribution in [0.15, 0.2) is 17.6 Å². The monoisotopic (exact) mass is 337 g/mol. The summed E-state index contributed by atoms with van der Waals surface area (Å²) in [5.41, 5.74) is 0. The first-order valence-corrected chi connectivity index (χ1v) is 8.25. The van der Waals surface area contributed by atoms with E-state index in [0.717, 1.165) is 0 Å². The van der Waals surface area contributed by atoms with Crippen LogP contribution >= 0.6 is 0 Å². The molecule has 0 amide bonds. The number of imidazole rings is 1. The van der Waals surface area contributed by atoms with E-state index in [9.17, 15) is 18.6 Å². The Labute approximate surface area is 129 Å². The standard InChI is InChI=1S/C12H23N3O6S/c1-8(21-9(2)12(18)10(17)6-16)4-14-22(19,20)11-5-15(3)7-13-11/h5,7-10,12,14,16-18H,4,6H2,1-3H3/t8-,9?,10+,12?/m0/s1. The molecule has 0 aliphatic rings. The van der Waals surface area contributed by atoms with E-state index in [1.165, 1.54) is 24.0 Å². The Morgan fingerprint density at radius 1 is 1.41 bits per heavy atom. The predicted molar refractivity (Wildman–Crippen MR) is 77.5 cm³/mol. The number of aryl methyl sites for hydroxylation is 1. The molecule has 0 saturated carbocycles. The van der Waals surface area contributed by atoms with E-state index in [1.54, 1.807) is 14.0 Å². The number of nitrogens with one attached hydrogen (secondary N) is 1. The molecule has 0 aliphatic carbocycles. The highest BCUT2D eigenvalue weighted by Gasteiger charge is 2.25. The minimum atomic E-state index is -3.73. The minimum absolute atomic E-state index is 0.0226. The van der Waals surface area contributed by atoms with Gasteiger partial charge in [0.2, 0.25) is 0 Å². The molecule has 0 fully saturated rings. The number of hydrogen-bond acceptors (Lipinski definition) is 7. The molecule has 22 heavy (non-hydrogen) atoms. The van der Waals surface area contributed by atoms with E-state index >= 15 is 0 Å². The van der Waals surface area contributed by atoms with E-state index in [1.807, 2.05) is 0 Å². The number of aliphatic hydroxyl groups is 3. The number of rotatable bonds is 9. The van der Waals surface area contributed by atoms with Crippen molar-refractivity contribution in [1.82, 2.24) is 14.3 Å². The van der Waals surface area contributed by atoms with Crippen molar-refractivity contribution in [3.63, 3.8) is 0 Å². The van der Waals surface area contributed by atoms with Crippen LogP contribution in [0.5, 0.6) is 0 Å². The molecule has 0 radical (unpaired) electrons. The van der Waals surface area contributed by atoms with E-state index < -0.39 is 41.0 Å². The van der Waals surface area contributed by atoms with Gasteiger partial charge >= 0.3 is 0 Å². The maximum Gasteiger partial charge on any atom is 0.259 e. The SMILES string of the molecule is CC(O[C@@H](C)CNS(=O)(=O)c1cn(C)cn1)C(O)[C@H](O)CO. The molecule has 2 unspecified atom stereocenters. The first-order chi connectivity index (χ1) is 10.2. The summed E-state index contributed by atoms with van der Waals surface area (Å²) in [5.74, 6) is 0. The molecule has 0 bridgehead atoms. The van der Waals surface area contributed by atoms with Crippen LogP contribution in [0.4, 0.5) is 0 Å². The molecule has 0 saturated heterocycles. The molecule has 0 spiro atoms. The lowest BCUT2D eigenvalue weighted by atomic mass is 10.1. The molecule has 1 rings (SSSR count). The summed E-state index contributed by atoms with van der Waals surface area (Å²) in [6.07, 6.45) is -1.14. The number of sulfonamides is 1.